The van der Waals surface area contributed by atoms with Crippen LogP contribution in [0, 0.1) is 11.7 Å². The third-order valence-electron chi connectivity index (χ3n) is 6.27. The van der Waals surface area contributed by atoms with Gasteiger partial charge in [0, 0.05) is 25.6 Å². The van der Waals surface area contributed by atoms with Gasteiger partial charge in [0.05, 0.1) is 24.6 Å². The van der Waals surface area contributed by atoms with Crippen LogP contribution in [0.25, 0.3) is 11.9 Å². The van der Waals surface area contributed by atoms with Crippen molar-refractivity contribution >= 4 is 34.7 Å². The van der Waals surface area contributed by atoms with E-state index >= 15 is 4.39 Å². The Kier molecular flexibility index (Phi) is 6.44. The van der Waals surface area contributed by atoms with Crippen molar-refractivity contribution in [3.8, 4) is 5.88 Å². The average molecular weight is 527 g/mol. The molecule has 0 bridgehead atoms. The predicted molar refractivity (Wildman–Crippen MR) is 134 cm³/mol. The molecular weight excluding hydrogens is 502 g/mol. The van der Waals surface area contributed by atoms with Gasteiger partial charge in [-0.1, -0.05) is 17.8 Å². The molecule has 5 rings (SSSR count). The summed E-state index contributed by atoms with van der Waals surface area (Å²) in [5.74, 6) is -0.879. The molecule has 1 amide bonds. The third kappa shape index (κ3) is 4.80. The van der Waals surface area contributed by atoms with Gasteiger partial charge in [-0.3, -0.25) is 9.79 Å². The number of amides is 1. The van der Waals surface area contributed by atoms with Gasteiger partial charge in [-0.15, -0.1) is 0 Å². The Morgan fingerprint density at radius 3 is 2.81 bits per heavy atom. The largest absolute Gasteiger partial charge is 0.464 e. The summed E-state index contributed by atoms with van der Waals surface area (Å²) >= 11 is 1.23. The van der Waals surface area contributed by atoms with Crippen molar-refractivity contribution in [2.75, 3.05) is 14.1 Å². The van der Waals surface area contributed by atoms with E-state index in [1.165, 1.54) is 65.8 Å². The van der Waals surface area contributed by atoms with Crippen molar-refractivity contribution in [1.82, 2.24) is 19.9 Å². The molecule has 12 heteroatoms. The van der Waals surface area contributed by atoms with E-state index in [4.69, 9.17) is 14.9 Å². The lowest BCUT2D eigenvalue weighted by Gasteiger charge is -2.27. The molecule has 1 aliphatic heterocycles. The summed E-state index contributed by atoms with van der Waals surface area (Å²) in [6.45, 7) is 1.73. The number of amidine groups is 1. The topological polar surface area (TPSA) is 120 Å². The van der Waals surface area contributed by atoms with Crippen molar-refractivity contribution in [2.24, 2.45) is 16.6 Å². The number of hydrogen-bond donors (Lipinski definition) is 1. The number of benzene rings is 1. The fourth-order valence-electron chi connectivity index (χ4n) is 4.41. The number of rotatable bonds is 7. The van der Waals surface area contributed by atoms with Crippen LogP contribution in [0.15, 0.2) is 52.5 Å². The molecule has 1 fully saturated rings. The van der Waals surface area contributed by atoms with Crippen LogP contribution in [0.3, 0.4) is 0 Å². The first-order valence-electron chi connectivity index (χ1n) is 11.5. The number of carbonyl (C=O) groups is 1. The lowest BCUT2D eigenvalue weighted by Crippen LogP contribution is -2.39. The van der Waals surface area contributed by atoms with E-state index in [1.54, 1.807) is 21.0 Å². The van der Waals surface area contributed by atoms with Crippen LogP contribution in [0.5, 0.6) is 5.88 Å². The zero-order chi connectivity index (χ0) is 26.3. The normalized spacial score (nSPS) is 23.6. The SMILES string of the molecule is CC(Oc1cnc(/C(F)=C/c2ccc(F)c(C3N=C(N)SC4(C(=O)N(C)C)CC34)c2)cn1)c1ncco1. The van der Waals surface area contributed by atoms with E-state index in [1.807, 2.05) is 0 Å². The minimum atomic E-state index is -0.743. The van der Waals surface area contributed by atoms with Crippen LogP contribution in [0.1, 0.15) is 48.2 Å². The van der Waals surface area contributed by atoms with Gasteiger partial charge in [-0.05, 0) is 37.1 Å². The van der Waals surface area contributed by atoms with Gasteiger partial charge in [-0.2, -0.15) is 0 Å². The van der Waals surface area contributed by atoms with Gasteiger partial charge in [0.1, 0.15) is 22.5 Å². The molecule has 9 nitrogen and oxygen atoms in total. The number of nitrogens with zero attached hydrogens (tertiary/aromatic N) is 5. The monoisotopic (exact) mass is 526 g/mol. The van der Waals surface area contributed by atoms with E-state index in [0.717, 1.165) is 0 Å². The quantitative estimate of drug-likeness (QED) is 0.487. The van der Waals surface area contributed by atoms with Gasteiger partial charge in [0.15, 0.2) is 17.1 Å². The molecule has 3 heterocycles. The smallest absolute Gasteiger partial charge is 0.239 e. The molecule has 1 aliphatic carbocycles. The van der Waals surface area contributed by atoms with Crippen molar-refractivity contribution in [3.63, 3.8) is 0 Å². The van der Waals surface area contributed by atoms with Crippen molar-refractivity contribution in [1.29, 1.82) is 0 Å². The number of carbonyl (C=O) groups excluding carboxylic acids is 1. The number of oxazole rings is 1. The Morgan fingerprint density at radius 1 is 1.32 bits per heavy atom. The highest BCUT2D eigenvalue weighted by Gasteiger charge is 2.67. The highest BCUT2D eigenvalue weighted by molar-refractivity contribution is 8.15. The third-order valence-corrected chi connectivity index (χ3v) is 7.59. The number of aliphatic imine (C=N–C) groups is 1. The predicted octanol–water partition coefficient (Wildman–Crippen LogP) is 4.16. The van der Waals surface area contributed by atoms with E-state index in [2.05, 4.69) is 19.9 Å². The number of thioether (sulfide) groups is 1. The number of aromatic nitrogens is 3. The molecule has 0 saturated heterocycles. The van der Waals surface area contributed by atoms with Gasteiger partial charge >= 0.3 is 0 Å². The van der Waals surface area contributed by atoms with Crippen molar-refractivity contribution < 1.29 is 22.7 Å². The molecule has 2 aliphatic rings. The molecule has 1 saturated carbocycles. The van der Waals surface area contributed by atoms with Crippen molar-refractivity contribution in [2.45, 2.75) is 30.2 Å². The maximum Gasteiger partial charge on any atom is 0.239 e. The molecule has 2 N–H and O–H groups in total. The molecule has 0 radical (unpaired) electrons. The van der Waals surface area contributed by atoms with Gasteiger partial charge < -0.3 is 19.8 Å². The molecule has 4 unspecified atom stereocenters. The van der Waals surface area contributed by atoms with Gasteiger partial charge in [0.2, 0.25) is 17.7 Å². The van der Waals surface area contributed by atoms with E-state index in [9.17, 15) is 9.18 Å². The minimum Gasteiger partial charge on any atom is -0.464 e. The van der Waals surface area contributed by atoms with Crippen LogP contribution in [-0.2, 0) is 4.79 Å². The number of fused-ring (bicyclic) bond motifs is 1. The Bertz CT molecular complexity index is 1380. The number of hydrogen-bond acceptors (Lipinski definition) is 9. The van der Waals surface area contributed by atoms with E-state index in [0.29, 0.717) is 17.9 Å². The first kappa shape index (κ1) is 24.9. The van der Waals surface area contributed by atoms with Crippen LogP contribution in [-0.4, -0.2) is 49.8 Å². The van der Waals surface area contributed by atoms with Crippen molar-refractivity contribution in [3.05, 3.63) is 71.6 Å². The molecule has 192 valence electrons. The van der Waals surface area contributed by atoms with E-state index < -0.39 is 28.5 Å². The first-order valence-corrected chi connectivity index (χ1v) is 12.3. The highest BCUT2D eigenvalue weighted by atomic mass is 32.2. The summed E-state index contributed by atoms with van der Waals surface area (Å²) < 4.78 is 40.0. The Labute approximate surface area is 215 Å². The molecular formula is C25H24F2N6O3S. The molecule has 1 aromatic carbocycles. The van der Waals surface area contributed by atoms with Crippen LogP contribution in [0.2, 0.25) is 0 Å². The summed E-state index contributed by atoms with van der Waals surface area (Å²) in [7, 11) is 3.36. The number of ether oxygens (including phenoxy) is 1. The van der Waals surface area contributed by atoms with Gasteiger partial charge in [0.25, 0.3) is 0 Å². The summed E-state index contributed by atoms with van der Waals surface area (Å²) in [6, 6.07) is 3.60. The maximum absolute atomic E-state index is 15.0. The number of nitrogens with two attached hydrogens (primary N) is 1. The van der Waals surface area contributed by atoms with Crippen LogP contribution < -0.4 is 10.5 Å². The minimum absolute atomic E-state index is 0.0175. The second-order valence-electron chi connectivity index (χ2n) is 9.06. The molecule has 0 spiro atoms. The second kappa shape index (κ2) is 9.58. The van der Waals surface area contributed by atoms with Gasteiger partial charge in [-0.25, -0.2) is 23.7 Å². The average Bonchev–Trinajstić information content (AvgIpc) is 3.34. The Hall–Kier alpha value is -3.80. The second-order valence-corrected chi connectivity index (χ2v) is 10.4. The summed E-state index contributed by atoms with van der Waals surface area (Å²) in [4.78, 5) is 30.9. The lowest BCUT2D eigenvalue weighted by atomic mass is 9.98. The lowest BCUT2D eigenvalue weighted by molar-refractivity contribution is -0.129. The molecule has 4 atom stereocenters. The molecule has 2 aromatic heterocycles. The molecule has 37 heavy (non-hydrogen) atoms. The fourth-order valence-corrected chi connectivity index (χ4v) is 5.76. The highest BCUT2D eigenvalue weighted by Crippen LogP contribution is 2.64. The van der Waals surface area contributed by atoms with E-state index in [-0.39, 0.29) is 34.1 Å². The zero-order valence-electron chi connectivity index (χ0n) is 20.3. The van der Waals surface area contributed by atoms with Crippen LogP contribution in [0.4, 0.5) is 8.78 Å². The Balaban J connectivity index is 1.35. The Morgan fingerprint density at radius 2 is 2.14 bits per heavy atom. The summed E-state index contributed by atoms with van der Waals surface area (Å²) in [5.41, 5.74) is 6.68. The zero-order valence-corrected chi connectivity index (χ0v) is 21.1. The maximum atomic E-state index is 15.0. The fraction of sp³-hybridized carbons (Fsp3) is 0.320. The van der Waals surface area contributed by atoms with Crippen LogP contribution >= 0.6 is 11.8 Å². The first-order chi connectivity index (χ1) is 17.7. The summed E-state index contributed by atoms with van der Waals surface area (Å²) in [5, 5.41) is 0.232. The molecule has 3 aromatic rings. The number of halogens is 2. The summed E-state index contributed by atoms with van der Waals surface area (Å²) in [6.07, 6.45) is 6.75. The standard InChI is InChI=1S/C25H24F2N6O3S/c1-13(22-29-6-7-35-22)36-20-12-30-19(11-31-20)18(27)9-14-4-5-17(26)15(8-14)21-16-10-25(16,23(34)33(2)3)37-24(28)32-21/h4-9,11-13,16,21H,10H2,1-3H3,(H2,28,32)/b18-9-.